The standard InChI is InChI=1S/C28H37N5O8S/c1-17(2)14-33(42(36,37)19-8-9-20-23(13-19)40-27(29)31-20)15-22(34)21(12-18-6-4-3-5-7-18)32-28(35)41-24-16-39-26-25(24)30-10-11-38-26/h3-9,13,17,21-22,24-26,30,34H,10-12,14-16H2,1-2H3,(H2,29,31)(H,32,35). The maximum absolute atomic E-state index is 13.8. The first-order valence-corrected chi connectivity index (χ1v) is 15.4. The van der Waals surface area contributed by atoms with E-state index in [1.165, 1.54) is 22.5 Å². The number of morpholine rings is 1. The van der Waals surface area contributed by atoms with Gasteiger partial charge in [0, 0.05) is 25.7 Å². The monoisotopic (exact) mass is 603 g/mol. The normalized spacial score (nSPS) is 22.3. The summed E-state index contributed by atoms with van der Waals surface area (Å²) in [5.41, 5.74) is 7.15. The number of fused-ring (bicyclic) bond motifs is 2. The average Bonchev–Trinajstić information content (AvgIpc) is 3.54. The molecule has 1 amide bonds. The summed E-state index contributed by atoms with van der Waals surface area (Å²) < 4.78 is 51.0. The van der Waals surface area contributed by atoms with E-state index in [4.69, 9.17) is 24.4 Å². The zero-order valence-electron chi connectivity index (χ0n) is 23.5. The number of benzene rings is 2. The first-order valence-electron chi connectivity index (χ1n) is 13.9. The number of hydrogen-bond acceptors (Lipinski definition) is 11. The lowest BCUT2D eigenvalue weighted by molar-refractivity contribution is -0.137. The number of nitrogen functional groups attached to an aromatic ring is 1. The number of anilines is 1. The smallest absolute Gasteiger partial charge is 0.407 e. The Hall–Kier alpha value is -3.27. The summed E-state index contributed by atoms with van der Waals surface area (Å²) in [6, 6.07) is 12.4. The summed E-state index contributed by atoms with van der Waals surface area (Å²) in [5, 5.41) is 17.5. The Kier molecular flexibility index (Phi) is 9.30. The molecule has 228 valence electrons. The molecule has 5 rings (SSSR count). The second-order valence-electron chi connectivity index (χ2n) is 10.9. The van der Waals surface area contributed by atoms with Crippen molar-refractivity contribution < 1.29 is 36.9 Å². The van der Waals surface area contributed by atoms with Gasteiger partial charge >= 0.3 is 6.09 Å². The number of aromatic nitrogens is 1. The lowest BCUT2D eigenvalue weighted by Crippen LogP contribution is -2.54. The molecular formula is C28H37N5O8S. The van der Waals surface area contributed by atoms with Gasteiger partial charge in [0.15, 0.2) is 11.9 Å². The Bertz CT molecular complexity index is 1470. The molecule has 0 bridgehead atoms. The number of sulfonamides is 1. The number of carbonyl (C=O) groups is 1. The van der Waals surface area contributed by atoms with Crippen LogP contribution in [-0.2, 0) is 30.7 Å². The number of nitrogens with one attached hydrogen (secondary N) is 2. The second kappa shape index (κ2) is 12.9. The van der Waals surface area contributed by atoms with Gasteiger partial charge in [-0.2, -0.15) is 9.29 Å². The zero-order valence-corrected chi connectivity index (χ0v) is 24.3. The van der Waals surface area contributed by atoms with Gasteiger partial charge in [0.05, 0.1) is 36.3 Å². The van der Waals surface area contributed by atoms with Crippen molar-refractivity contribution in [2.24, 2.45) is 5.92 Å². The summed E-state index contributed by atoms with van der Waals surface area (Å²) in [5.74, 6) is -0.0531. The number of rotatable bonds is 11. The van der Waals surface area contributed by atoms with Crippen molar-refractivity contribution in [1.82, 2.24) is 19.9 Å². The third-order valence-corrected chi connectivity index (χ3v) is 9.01. The van der Waals surface area contributed by atoms with Crippen LogP contribution in [0.3, 0.4) is 0 Å². The number of oxazole rings is 1. The molecule has 5 unspecified atom stereocenters. The molecule has 13 nitrogen and oxygen atoms in total. The van der Waals surface area contributed by atoms with Crippen molar-refractivity contribution in [3.8, 4) is 0 Å². The number of aliphatic hydroxyl groups excluding tert-OH is 1. The topological polar surface area (TPSA) is 178 Å². The van der Waals surface area contributed by atoms with Crippen LogP contribution in [0.2, 0.25) is 0 Å². The van der Waals surface area contributed by atoms with E-state index in [2.05, 4.69) is 15.6 Å². The molecule has 5 N–H and O–H groups in total. The molecule has 0 aliphatic carbocycles. The molecule has 2 aliphatic rings. The number of aliphatic hydroxyl groups is 1. The largest absolute Gasteiger partial charge is 0.442 e. The molecule has 2 aliphatic heterocycles. The van der Waals surface area contributed by atoms with Gasteiger partial charge in [-0.3, -0.25) is 0 Å². The van der Waals surface area contributed by atoms with Crippen LogP contribution >= 0.6 is 0 Å². The van der Waals surface area contributed by atoms with E-state index in [9.17, 15) is 18.3 Å². The molecule has 2 fully saturated rings. The number of nitrogens with two attached hydrogens (primary N) is 1. The Balaban J connectivity index is 1.34. The zero-order chi connectivity index (χ0) is 29.9. The molecule has 42 heavy (non-hydrogen) atoms. The summed E-state index contributed by atoms with van der Waals surface area (Å²) in [7, 11) is -4.08. The molecule has 1 aromatic heterocycles. The van der Waals surface area contributed by atoms with E-state index in [-0.39, 0.29) is 54.6 Å². The van der Waals surface area contributed by atoms with Crippen molar-refractivity contribution in [2.45, 2.75) is 55.7 Å². The Morgan fingerprint density at radius 2 is 2.00 bits per heavy atom. The van der Waals surface area contributed by atoms with Crippen molar-refractivity contribution in [3.05, 3.63) is 54.1 Å². The van der Waals surface area contributed by atoms with Gasteiger partial charge in [-0.1, -0.05) is 44.2 Å². The van der Waals surface area contributed by atoms with E-state index >= 15 is 0 Å². The van der Waals surface area contributed by atoms with Gasteiger partial charge in [0.2, 0.25) is 10.0 Å². The molecule has 3 aromatic rings. The van der Waals surface area contributed by atoms with Crippen molar-refractivity contribution >= 4 is 33.2 Å². The van der Waals surface area contributed by atoms with Crippen LogP contribution in [0.1, 0.15) is 19.4 Å². The van der Waals surface area contributed by atoms with Gasteiger partial charge in [-0.15, -0.1) is 0 Å². The van der Waals surface area contributed by atoms with Crippen molar-refractivity contribution in [1.29, 1.82) is 0 Å². The van der Waals surface area contributed by atoms with Crippen LogP contribution in [0.25, 0.3) is 11.1 Å². The Morgan fingerprint density at radius 1 is 1.21 bits per heavy atom. The first-order chi connectivity index (χ1) is 20.1. The minimum atomic E-state index is -4.08. The van der Waals surface area contributed by atoms with Crippen LogP contribution in [0.15, 0.2) is 57.8 Å². The predicted octanol–water partition coefficient (Wildman–Crippen LogP) is 1.47. The van der Waals surface area contributed by atoms with Crippen LogP contribution in [-0.4, -0.2) is 92.3 Å². The van der Waals surface area contributed by atoms with Gasteiger partial charge in [-0.25, -0.2) is 13.2 Å². The van der Waals surface area contributed by atoms with Crippen LogP contribution in [0, 0.1) is 5.92 Å². The minimum absolute atomic E-state index is 0.0241. The van der Waals surface area contributed by atoms with Gasteiger partial charge < -0.3 is 40.1 Å². The quantitative estimate of drug-likeness (QED) is 0.249. The van der Waals surface area contributed by atoms with Gasteiger partial charge in [0.1, 0.15) is 11.6 Å². The number of alkyl carbamates (subject to hydrolysis) is 1. The molecule has 2 aromatic carbocycles. The van der Waals surface area contributed by atoms with Crippen molar-refractivity contribution in [2.75, 3.05) is 38.6 Å². The summed E-state index contributed by atoms with van der Waals surface area (Å²) >= 11 is 0. The van der Waals surface area contributed by atoms with Crippen LogP contribution in [0.5, 0.6) is 0 Å². The highest BCUT2D eigenvalue weighted by Gasteiger charge is 2.42. The lowest BCUT2D eigenvalue weighted by atomic mass is 10.0. The van der Waals surface area contributed by atoms with E-state index in [0.717, 1.165) is 5.56 Å². The fourth-order valence-corrected chi connectivity index (χ4v) is 6.82. The molecule has 5 atom stereocenters. The average molecular weight is 604 g/mol. The second-order valence-corrected chi connectivity index (χ2v) is 12.8. The van der Waals surface area contributed by atoms with E-state index in [1.807, 2.05) is 44.2 Å². The molecule has 2 saturated heterocycles. The van der Waals surface area contributed by atoms with E-state index < -0.39 is 40.7 Å². The molecule has 0 radical (unpaired) electrons. The number of ether oxygens (including phenoxy) is 3. The van der Waals surface area contributed by atoms with Crippen LogP contribution in [0.4, 0.5) is 10.8 Å². The highest BCUT2D eigenvalue weighted by Crippen LogP contribution is 2.25. The molecule has 14 heteroatoms. The Morgan fingerprint density at radius 3 is 2.76 bits per heavy atom. The number of carbonyl (C=O) groups excluding carboxylic acids is 1. The number of amides is 1. The predicted molar refractivity (Wildman–Crippen MR) is 153 cm³/mol. The third-order valence-electron chi connectivity index (χ3n) is 7.18. The molecule has 0 saturated carbocycles. The van der Waals surface area contributed by atoms with Gasteiger partial charge in [0.25, 0.3) is 6.01 Å². The maximum atomic E-state index is 13.8. The fourth-order valence-electron chi connectivity index (χ4n) is 5.18. The highest BCUT2D eigenvalue weighted by molar-refractivity contribution is 7.89. The van der Waals surface area contributed by atoms with E-state index in [0.29, 0.717) is 18.7 Å². The maximum Gasteiger partial charge on any atom is 0.407 e. The third kappa shape index (κ3) is 7.02. The lowest BCUT2D eigenvalue weighted by Gasteiger charge is -2.31. The number of hydrogen-bond donors (Lipinski definition) is 4. The van der Waals surface area contributed by atoms with E-state index in [1.54, 1.807) is 0 Å². The highest BCUT2D eigenvalue weighted by atomic mass is 32.2. The first kappa shape index (κ1) is 30.2. The molecular weight excluding hydrogens is 566 g/mol. The van der Waals surface area contributed by atoms with Crippen molar-refractivity contribution in [3.63, 3.8) is 0 Å². The van der Waals surface area contributed by atoms with Gasteiger partial charge in [-0.05, 0) is 30.0 Å². The molecule has 0 spiro atoms. The fraction of sp³-hybridized carbons (Fsp3) is 0.500. The number of nitrogens with zero attached hydrogens (tertiary/aromatic N) is 2. The minimum Gasteiger partial charge on any atom is -0.442 e. The summed E-state index contributed by atoms with van der Waals surface area (Å²) in [4.78, 5) is 17.1. The summed E-state index contributed by atoms with van der Waals surface area (Å²) in [6.07, 6.45) is -2.86. The Labute approximate surface area is 244 Å². The molecule has 3 heterocycles. The van der Waals surface area contributed by atoms with Crippen LogP contribution < -0.4 is 16.4 Å². The summed E-state index contributed by atoms with van der Waals surface area (Å²) in [6.45, 7) is 4.90. The SMILES string of the molecule is CC(C)CN(CC(O)C(Cc1ccccc1)NC(=O)OC1COC2OCCNC12)S(=O)(=O)c1ccc2nc(N)oc2c1.